The molecule has 1 aliphatic heterocycles. The summed E-state index contributed by atoms with van der Waals surface area (Å²) in [4.78, 5) is 0. The lowest BCUT2D eigenvalue weighted by molar-refractivity contribution is -0.226. The minimum absolute atomic E-state index is 0.168. The van der Waals surface area contributed by atoms with Crippen LogP contribution in [-0.4, -0.2) is 52.5 Å². The highest BCUT2D eigenvalue weighted by Crippen LogP contribution is 2.24. The molecule has 1 heterocycles. The summed E-state index contributed by atoms with van der Waals surface area (Å²) in [6.45, 7) is -0.328. The van der Waals surface area contributed by atoms with Crippen molar-refractivity contribution in [1.82, 2.24) is 0 Å². The predicted molar refractivity (Wildman–Crippen MR) is 63.7 cm³/mol. The van der Waals surface area contributed by atoms with E-state index in [-0.39, 0.29) is 24.0 Å². The van der Waals surface area contributed by atoms with Gasteiger partial charge in [-0.15, -0.1) is 0 Å². The van der Waals surface area contributed by atoms with E-state index in [0.29, 0.717) is 19.3 Å². The Bertz CT molecular complexity index is 353. The van der Waals surface area contributed by atoms with Crippen molar-refractivity contribution in [3.8, 4) is 0 Å². The molecule has 0 aromatic rings. The molecule has 114 valence electrons. The van der Waals surface area contributed by atoms with Crippen LogP contribution in [0.25, 0.3) is 0 Å². The smallest absolute Gasteiger partial charge is 0.378 e. The number of hydrogen-bond donors (Lipinski definition) is 0. The number of rotatable bonds is 6. The average molecular weight is 304 g/mol. The van der Waals surface area contributed by atoms with Crippen molar-refractivity contribution in [3.63, 3.8) is 0 Å². The van der Waals surface area contributed by atoms with Crippen LogP contribution >= 0.6 is 0 Å². The standard InChI is InChI=1S/C11H19F3O4S/c1-17-10(11(12,13)14)8-18-5-2-9-3-6-19(15,16)7-4-9/h9-10H,2-8H2,1H3. The molecule has 0 aliphatic carbocycles. The van der Waals surface area contributed by atoms with Crippen molar-refractivity contribution in [2.24, 2.45) is 5.92 Å². The summed E-state index contributed by atoms with van der Waals surface area (Å²) in [6, 6.07) is 0. The van der Waals surface area contributed by atoms with Crippen molar-refractivity contribution < 1.29 is 31.1 Å². The minimum Gasteiger partial charge on any atom is -0.378 e. The molecule has 0 radical (unpaired) electrons. The Balaban J connectivity index is 2.18. The molecule has 19 heavy (non-hydrogen) atoms. The van der Waals surface area contributed by atoms with Crippen LogP contribution in [0.4, 0.5) is 13.2 Å². The van der Waals surface area contributed by atoms with E-state index >= 15 is 0 Å². The van der Waals surface area contributed by atoms with Gasteiger partial charge < -0.3 is 9.47 Å². The number of alkyl halides is 3. The summed E-state index contributed by atoms with van der Waals surface area (Å²) in [6.07, 6.45) is -4.60. The Hall–Kier alpha value is -0.340. The monoisotopic (exact) mass is 304 g/mol. The van der Waals surface area contributed by atoms with Gasteiger partial charge in [-0.1, -0.05) is 0 Å². The highest BCUT2D eigenvalue weighted by Gasteiger charge is 2.40. The first kappa shape index (κ1) is 16.7. The minimum atomic E-state index is -4.42. The van der Waals surface area contributed by atoms with Crippen LogP contribution in [0.5, 0.6) is 0 Å². The quantitative estimate of drug-likeness (QED) is 0.702. The van der Waals surface area contributed by atoms with Gasteiger partial charge >= 0.3 is 6.18 Å². The molecule has 0 spiro atoms. The molecule has 4 nitrogen and oxygen atoms in total. The summed E-state index contributed by atoms with van der Waals surface area (Å²) in [5.74, 6) is 0.553. The van der Waals surface area contributed by atoms with Gasteiger partial charge in [0, 0.05) is 13.7 Å². The third-order valence-electron chi connectivity index (χ3n) is 3.26. The molecule has 0 saturated carbocycles. The summed E-state index contributed by atoms with van der Waals surface area (Å²) < 4.78 is 68.6. The second kappa shape index (κ2) is 6.90. The van der Waals surface area contributed by atoms with Crippen LogP contribution in [0.1, 0.15) is 19.3 Å². The molecule has 1 atom stereocenters. The van der Waals surface area contributed by atoms with Crippen molar-refractivity contribution in [1.29, 1.82) is 0 Å². The number of sulfone groups is 1. The number of methoxy groups -OCH3 is 1. The van der Waals surface area contributed by atoms with Gasteiger partial charge in [-0.3, -0.25) is 0 Å². The SMILES string of the molecule is COC(COCCC1CCS(=O)(=O)CC1)C(F)(F)F. The van der Waals surface area contributed by atoms with Gasteiger partial charge in [-0.05, 0) is 25.2 Å². The molecule has 1 rings (SSSR count). The first-order valence-electron chi connectivity index (χ1n) is 6.12. The predicted octanol–water partition coefficient (Wildman–Crippen LogP) is 1.80. The molecule has 1 aliphatic rings. The molecule has 0 bridgehead atoms. The van der Waals surface area contributed by atoms with Gasteiger partial charge in [0.05, 0.1) is 18.1 Å². The van der Waals surface area contributed by atoms with Gasteiger partial charge in [0.15, 0.2) is 6.10 Å². The van der Waals surface area contributed by atoms with Crippen molar-refractivity contribution in [2.45, 2.75) is 31.5 Å². The van der Waals surface area contributed by atoms with Crippen molar-refractivity contribution >= 4 is 9.84 Å². The molecule has 0 amide bonds. The summed E-state index contributed by atoms with van der Waals surface area (Å²) >= 11 is 0. The lowest BCUT2D eigenvalue weighted by Crippen LogP contribution is -2.35. The van der Waals surface area contributed by atoms with E-state index in [1.807, 2.05) is 0 Å². The van der Waals surface area contributed by atoms with E-state index in [1.165, 1.54) is 0 Å². The van der Waals surface area contributed by atoms with Crippen LogP contribution in [0.2, 0.25) is 0 Å². The maximum Gasteiger partial charge on any atom is 0.416 e. The van der Waals surface area contributed by atoms with Gasteiger partial charge in [0.2, 0.25) is 0 Å². The zero-order chi connectivity index (χ0) is 14.5. The molecule has 1 saturated heterocycles. The Morgan fingerprint density at radius 2 is 1.84 bits per heavy atom. The third-order valence-corrected chi connectivity index (χ3v) is 4.98. The topological polar surface area (TPSA) is 52.6 Å². The maximum absolute atomic E-state index is 12.3. The third kappa shape index (κ3) is 6.09. The maximum atomic E-state index is 12.3. The van der Waals surface area contributed by atoms with E-state index in [9.17, 15) is 21.6 Å². The van der Waals surface area contributed by atoms with Crippen LogP contribution < -0.4 is 0 Å². The lowest BCUT2D eigenvalue weighted by Gasteiger charge is -2.22. The first-order valence-corrected chi connectivity index (χ1v) is 7.94. The molecular weight excluding hydrogens is 285 g/mol. The molecule has 0 aromatic heterocycles. The second-order valence-electron chi connectivity index (χ2n) is 4.72. The fourth-order valence-corrected chi connectivity index (χ4v) is 3.55. The number of ether oxygens (including phenoxy) is 2. The Morgan fingerprint density at radius 3 is 2.32 bits per heavy atom. The highest BCUT2D eigenvalue weighted by molar-refractivity contribution is 7.91. The second-order valence-corrected chi connectivity index (χ2v) is 7.03. The Morgan fingerprint density at radius 1 is 1.26 bits per heavy atom. The zero-order valence-electron chi connectivity index (χ0n) is 10.8. The van der Waals surface area contributed by atoms with E-state index in [2.05, 4.69) is 4.74 Å². The largest absolute Gasteiger partial charge is 0.416 e. The lowest BCUT2D eigenvalue weighted by atomic mass is 10.00. The van der Waals surface area contributed by atoms with Crippen LogP contribution in [0.15, 0.2) is 0 Å². The zero-order valence-corrected chi connectivity index (χ0v) is 11.6. The van der Waals surface area contributed by atoms with Gasteiger partial charge in [0.1, 0.15) is 9.84 Å². The fourth-order valence-electron chi connectivity index (χ4n) is 1.96. The van der Waals surface area contributed by atoms with Gasteiger partial charge in [-0.2, -0.15) is 13.2 Å². The average Bonchev–Trinajstić information content (AvgIpc) is 2.29. The van der Waals surface area contributed by atoms with Crippen molar-refractivity contribution in [3.05, 3.63) is 0 Å². The molecule has 8 heteroatoms. The summed E-state index contributed by atoms with van der Waals surface area (Å²) in [5, 5.41) is 0. The Kier molecular flexibility index (Phi) is 6.07. The first-order chi connectivity index (χ1) is 8.74. The number of halogens is 3. The van der Waals surface area contributed by atoms with E-state index in [4.69, 9.17) is 4.74 Å². The van der Waals surface area contributed by atoms with Crippen molar-refractivity contribution in [2.75, 3.05) is 31.8 Å². The van der Waals surface area contributed by atoms with E-state index < -0.39 is 28.7 Å². The molecule has 0 aromatic carbocycles. The van der Waals surface area contributed by atoms with E-state index in [1.54, 1.807) is 0 Å². The molecular formula is C11H19F3O4S. The van der Waals surface area contributed by atoms with E-state index in [0.717, 1.165) is 7.11 Å². The molecule has 0 N–H and O–H groups in total. The fraction of sp³-hybridized carbons (Fsp3) is 1.00. The van der Waals surface area contributed by atoms with Gasteiger partial charge in [-0.25, -0.2) is 8.42 Å². The molecule has 1 fully saturated rings. The molecule has 1 unspecified atom stereocenters. The summed E-state index contributed by atoms with van der Waals surface area (Å²) in [5.41, 5.74) is 0. The highest BCUT2D eigenvalue weighted by atomic mass is 32.2. The van der Waals surface area contributed by atoms with Crippen LogP contribution in [0, 0.1) is 5.92 Å². The summed E-state index contributed by atoms with van der Waals surface area (Å²) in [7, 11) is -1.90. The van der Waals surface area contributed by atoms with Gasteiger partial charge in [0.25, 0.3) is 0 Å². The number of hydrogen-bond acceptors (Lipinski definition) is 4. The Labute approximate surface area is 111 Å². The van der Waals surface area contributed by atoms with Crippen LogP contribution in [-0.2, 0) is 19.3 Å². The normalized spacial score (nSPS) is 22.3. The van der Waals surface area contributed by atoms with Crippen LogP contribution in [0.3, 0.4) is 0 Å².